The van der Waals surface area contributed by atoms with Crippen molar-refractivity contribution >= 4 is 5.69 Å². The number of rotatable bonds is 1. The molecule has 0 radical (unpaired) electrons. The van der Waals surface area contributed by atoms with E-state index < -0.39 is 5.82 Å². The van der Waals surface area contributed by atoms with E-state index in [1.54, 1.807) is 13.1 Å². The molecule has 1 aromatic heterocycles. The fourth-order valence-electron chi connectivity index (χ4n) is 1.22. The van der Waals surface area contributed by atoms with E-state index in [2.05, 4.69) is 15.5 Å². The number of hydrogen-bond acceptors (Lipinski definition) is 4. The van der Waals surface area contributed by atoms with Gasteiger partial charge < -0.3 is 5.73 Å². The molecule has 6 heteroatoms. The van der Waals surface area contributed by atoms with Gasteiger partial charge >= 0.3 is 0 Å². The first-order chi connectivity index (χ1) is 6.66. The van der Waals surface area contributed by atoms with E-state index in [1.165, 1.54) is 16.8 Å². The van der Waals surface area contributed by atoms with Crippen molar-refractivity contribution in [2.45, 2.75) is 0 Å². The van der Waals surface area contributed by atoms with Crippen LogP contribution in [0.3, 0.4) is 0 Å². The van der Waals surface area contributed by atoms with Gasteiger partial charge in [0.25, 0.3) is 0 Å². The second-order valence-corrected chi connectivity index (χ2v) is 2.90. The molecule has 0 saturated carbocycles. The summed E-state index contributed by atoms with van der Waals surface area (Å²) >= 11 is 0. The van der Waals surface area contributed by atoms with Crippen LogP contribution in [-0.4, -0.2) is 20.2 Å². The van der Waals surface area contributed by atoms with Crippen molar-refractivity contribution in [3.05, 3.63) is 24.0 Å². The predicted octanol–water partition coefficient (Wildman–Crippen LogP) is 0.598. The Kier molecular flexibility index (Phi) is 1.88. The van der Waals surface area contributed by atoms with Gasteiger partial charge in [0.05, 0.1) is 0 Å². The van der Waals surface area contributed by atoms with Crippen molar-refractivity contribution < 1.29 is 4.39 Å². The second kappa shape index (κ2) is 3.06. The van der Waals surface area contributed by atoms with Crippen LogP contribution in [0.2, 0.25) is 0 Å². The van der Waals surface area contributed by atoms with Crippen LogP contribution >= 0.6 is 0 Å². The van der Waals surface area contributed by atoms with E-state index in [0.717, 1.165) is 0 Å². The average molecular weight is 193 g/mol. The van der Waals surface area contributed by atoms with Crippen LogP contribution in [0.4, 0.5) is 10.1 Å². The molecule has 0 atom stereocenters. The third-order valence-corrected chi connectivity index (χ3v) is 1.80. The molecule has 0 saturated heterocycles. The SMILES string of the molecule is Cn1nnnc1-c1cc(N)cc(F)c1. The fourth-order valence-corrected chi connectivity index (χ4v) is 1.22. The number of anilines is 1. The summed E-state index contributed by atoms with van der Waals surface area (Å²) in [5.41, 5.74) is 6.41. The average Bonchev–Trinajstić information content (AvgIpc) is 2.49. The molecule has 72 valence electrons. The summed E-state index contributed by atoms with van der Waals surface area (Å²) in [5.74, 6) is 0.0826. The Morgan fingerprint density at radius 3 is 2.71 bits per heavy atom. The van der Waals surface area contributed by atoms with Crippen molar-refractivity contribution in [1.82, 2.24) is 20.2 Å². The van der Waals surface area contributed by atoms with Crippen LogP contribution in [0.5, 0.6) is 0 Å². The molecular formula is C8H8FN5. The molecule has 0 fully saturated rings. The predicted molar refractivity (Wildman–Crippen MR) is 48.6 cm³/mol. The third-order valence-electron chi connectivity index (χ3n) is 1.80. The van der Waals surface area contributed by atoms with Gasteiger partial charge in [-0.15, -0.1) is 5.10 Å². The van der Waals surface area contributed by atoms with Crippen molar-refractivity contribution in [2.75, 3.05) is 5.73 Å². The smallest absolute Gasteiger partial charge is 0.181 e. The Labute approximate surface area is 79.3 Å². The molecule has 0 bridgehead atoms. The van der Waals surface area contributed by atoms with E-state index in [0.29, 0.717) is 17.1 Å². The van der Waals surface area contributed by atoms with Gasteiger partial charge in [0.1, 0.15) is 5.82 Å². The lowest BCUT2D eigenvalue weighted by atomic mass is 10.2. The molecule has 0 aliphatic rings. The standard InChI is InChI=1S/C8H8FN5/c1-14-8(11-12-13-14)5-2-6(9)4-7(10)3-5/h2-4H,10H2,1H3. The quantitative estimate of drug-likeness (QED) is 0.673. The van der Waals surface area contributed by atoms with E-state index in [9.17, 15) is 4.39 Å². The Balaban J connectivity index is 2.57. The largest absolute Gasteiger partial charge is 0.399 e. The molecule has 0 aliphatic heterocycles. The number of hydrogen-bond donors (Lipinski definition) is 1. The van der Waals surface area contributed by atoms with Gasteiger partial charge in [-0.3, -0.25) is 0 Å². The van der Waals surface area contributed by atoms with Crippen LogP contribution in [0, 0.1) is 5.82 Å². The molecule has 14 heavy (non-hydrogen) atoms. The lowest BCUT2D eigenvalue weighted by molar-refractivity contribution is 0.628. The zero-order chi connectivity index (χ0) is 10.1. The second-order valence-electron chi connectivity index (χ2n) is 2.90. The van der Waals surface area contributed by atoms with E-state index in [1.807, 2.05) is 0 Å². The molecule has 2 N–H and O–H groups in total. The molecule has 0 spiro atoms. The minimum atomic E-state index is -0.400. The summed E-state index contributed by atoms with van der Waals surface area (Å²) in [7, 11) is 1.68. The normalized spacial score (nSPS) is 10.4. The Hall–Kier alpha value is -1.98. The number of nitrogen functional groups attached to an aromatic ring is 1. The van der Waals surface area contributed by atoms with Crippen molar-refractivity contribution in [3.63, 3.8) is 0 Å². The highest BCUT2D eigenvalue weighted by molar-refractivity contribution is 5.60. The van der Waals surface area contributed by atoms with E-state index in [4.69, 9.17) is 5.73 Å². The van der Waals surface area contributed by atoms with Crippen LogP contribution in [0.1, 0.15) is 0 Å². The maximum absolute atomic E-state index is 13.0. The molecule has 2 rings (SSSR count). The van der Waals surface area contributed by atoms with Crippen LogP contribution in [-0.2, 0) is 7.05 Å². The topological polar surface area (TPSA) is 69.6 Å². The van der Waals surface area contributed by atoms with Crippen molar-refractivity contribution in [3.8, 4) is 11.4 Å². The maximum atomic E-state index is 13.0. The molecule has 0 amide bonds. The minimum absolute atomic E-state index is 0.350. The Bertz CT molecular complexity index is 444. The van der Waals surface area contributed by atoms with E-state index in [-0.39, 0.29) is 0 Å². The van der Waals surface area contributed by atoms with E-state index >= 15 is 0 Å². The highest BCUT2D eigenvalue weighted by atomic mass is 19.1. The first kappa shape index (κ1) is 8.61. The zero-order valence-corrected chi connectivity index (χ0v) is 7.48. The number of benzene rings is 1. The van der Waals surface area contributed by atoms with Gasteiger partial charge in [0.15, 0.2) is 5.82 Å². The summed E-state index contributed by atoms with van der Waals surface area (Å²) in [6.07, 6.45) is 0. The zero-order valence-electron chi connectivity index (χ0n) is 7.48. The van der Waals surface area contributed by atoms with Gasteiger partial charge in [-0.25, -0.2) is 9.07 Å². The number of nitrogens with two attached hydrogens (primary N) is 1. The van der Waals surface area contributed by atoms with Gasteiger partial charge in [-0.05, 0) is 28.6 Å². The maximum Gasteiger partial charge on any atom is 0.181 e. The lowest BCUT2D eigenvalue weighted by Crippen LogP contribution is -1.96. The summed E-state index contributed by atoms with van der Waals surface area (Å²) in [4.78, 5) is 0. The number of tetrazole rings is 1. The third kappa shape index (κ3) is 1.41. The first-order valence-corrected chi connectivity index (χ1v) is 3.95. The fraction of sp³-hybridized carbons (Fsp3) is 0.125. The summed E-state index contributed by atoms with van der Waals surface area (Å²) < 4.78 is 14.4. The van der Waals surface area contributed by atoms with Crippen molar-refractivity contribution in [1.29, 1.82) is 0 Å². The minimum Gasteiger partial charge on any atom is -0.399 e. The number of aryl methyl sites for hydroxylation is 1. The molecule has 1 aromatic carbocycles. The molecule has 1 heterocycles. The van der Waals surface area contributed by atoms with Gasteiger partial charge in [0, 0.05) is 18.3 Å². The molecular weight excluding hydrogens is 185 g/mol. The first-order valence-electron chi connectivity index (χ1n) is 3.95. The Morgan fingerprint density at radius 2 is 2.14 bits per heavy atom. The molecule has 0 aliphatic carbocycles. The monoisotopic (exact) mass is 193 g/mol. The van der Waals surface area contributed by atoms with Gasteiger partial charge in [-0.1, -0.05) is 0 Å². The number of halogens is 1. The highest BCUT2D eigenvalue weighted by Crippen LogP contribution is 2.19. The van der Waals surface area contributed by atoms with Crippen LogP contribution in [0.25, 0.3) is 11.4 Å². The number of aromatic nitrogens is 4. The Morgan fingerprint density at radius 1 is 1.36 bits per heavy atom. The summed E-state index contributed by atoms with van der Waals surface area (Å²) in [6.45, 7) is 0. The summed E-state index contributed by atoms with van der Waals surface area (Å²) in [6, 6.07) is 4.20. The molecule has 0 unspecified atom stereocenters. The summed E-state index contributed by atoms with van der Waals surface area (Å²) in [5, 5.41) is 10.8. The van der Waals surface area contributed by atoms with Gasteiger partial charge in [0.2, 0.25) is 0 Å². The van der Waals surface area contributed by atoms with Crippen LogP contribution < -0.4 is 5.73 Å². The van der Waals surface area contributed by atoms with Gasteiger partial charge in [-0.2, -0.15) is 0 Å². The van der Waals surface area contributed by atoms with Crippen molar-refractivity contribution in [2.24, 2.45) is 7.05 Å². The highest BCUT2D eigenvalue weighted by Gasteiger charge is 2.07. The number of nitrogens with zero attached hydrogens (tertiary/aromatic N) is 4. The molecule has 5 nitrogen and oxygen atoms in total. The van der Waals surface area contributed by atoms with Crippen LogP contribution in [0.15, 0.2) is 18.2 Å². The lowest BCUT2D eigenvalue weighted by Gasteiger charge is -2.00. The molecule has 2 aromatic rings.